The molecule has 0 bridgehead atoms. The topological polar surface area (TPSA) is 64.6 Å². The Labute approximate surface area is 30.6 Å². The van der Waals surface area contributed by atoms with Gasteiger partial charge in [0, 0.05) is 13.6 Å². The molecule has 0 rings (SSSR count). The van der Waals surface area contributed by atoms with Gasteiger partial charge in [-0.1, -0.05) is 0 Å². The number of rotatable bonds is 0. The minimum Gasteiger partial charge on any atom is -0.186 e. The van der Waals surface area contributed by atoms with Crippen LogP contribution in [-0.4, -0.2) is 6.15 Å². The van der Waals surface area contributed by atoms with Crippen molar-refractivity contribution in [1.29, 1.82) is 0 Å². The third-order valence-corrected chi connectivity index (χ3v) is 0. The highest BCUT2D eigenvalue weighted by Crippen LogP contribution is 0.787. The van der Waals surface area contributed by atoms with Gasteiger partial charge in [0.2, 0.25) is 0 Å². The second-order valence-corrected chi connectivity index (χ2v) is 0.0833. The molecular weight excluding hydrogens is 70.0 g/mol. The first-order valence-electron chi connectivity index (χ1n) is 0.408. The molecule has 0 N–H and O–H groups in total. The Kier molecular flexibility index (Phi) is 853. The van der Waals surface area contributed by atoms with Crippen LogP contribution >= 0.6 is 0 Å². The predicted octanol–water partition coefficient (Wildman–Crippen LogP) is -0.983. The van der Waals surface area contributed by atoms with Crippen molar-refractivity contribution in [2.24, 2.45) is 0 Å². The number of nitrogens with zero attached hydrogens (tertiary/aromatic N) is 1. The molecule has 7 radical (unpaired) electrons. The molecule has 0 saturated heterocycles. The van der Waals surface area contributed by atoms with Crippen LogP contribution in [0.5, 0.6) is 0 Å². The molecule has 0 spiro atoms. The predicted molar refractivity (Wildman–Crippen MR) is 10.4 cm³/mol. The summed E-state index contributed by atoms with van der Waals surface area (Å²) in [6.45, 7) is 0. The van der Waals surface area contributed by atoms with Crippen LogP contribution in [0.25, 0.3) is 0 Å². The van der Waals surface area contributed by atoms with Gasteiger partial charge in [-0.3, -0.25) is 0 Å². The minimum absolute atomic E-state index is 0. The summed E-state index contributed by atoms with van der Waals surface area (Å²) in [5, 5.41) is 0. The van der Waals surface area contributed by atoms with Gasteiger partial charge in [-0.05, 0) is 0 Å². The van der Waals surface area contributed by atoms with Gasteiger partial charge in [0.15, 0.2) is 0 Å². The van der Waals surface area contributed by atoms with E-state index >= 15 is 0 Å². The summed E-state index contributed by atoms with van der Waals surface area (Å²) in [6.07, 6.45) is 0.250. The van der Waals surface area contributed by atoms with E-state index in [2.05, 4.69) is 0 Å². The number of carbonyl (C=O) groups excluding carboxylic acids is 2. The van der Waals surface area contributed by atoms with Crippen molar-refractivity contribution in [3.8, 4) is 0 Å². The lowest BCUT2D eigenvalue weighted by molar-refractivity contribution is -0.191. The zero-order valence-corrected chi connectivity index (χ0v) is 2.26. The molecule has 0 aliphatic heterocycles. The maximum absolute atomic E-state index is 8.12. The largest absolute Gasteiger partial charge is 0.373 e. The normalized spacial score (nSPS) is 1.60. The SMILES string of the molecule is O=C=O.[C].[N]. The summed E-state index contributed by atoms with van der Waals surface area (Å²) in [5.41, 5.74) is 0. The van der Waals surface area contributed by atoms with E-state index in [9.17, 15) is 0 Å². The molecule has 0 aliphatic carbocycles. The van der Waals surface area contributed by atoms with Crippen LogP contribution < -0.4 is 6.15 Å². The van der Waals surface area contributed by atoms with Crippen LogP contribution in [0.2, 0.25) is 0 Å². The lowest BCUT2D eigenvalue weighted by Gasteiger charge is -0.945. The van der Waals surface area contributed by atoms with Crippen molar-refractivity contribution in [3.63, 3.8) is 0 Å². The fourth-order valence-electron chi connectivity index (χ4n) is 0. The highest BCUT2D eigenvalue weighted by molar-refractivity contribution is 5.20. The Bertz CT molecular complexity index is 28.6. The van der Waals surface area contributed by atoms with Crippen LogP contribution in [0.3, 0.4) is 0 Å². The minimum atomic E-state index is 0. The van der Waals surface area contributed by atoms with Gasteiger partial charge in [-0.25, -0.2) is 0 Å². The molecule has 0 fully saturated rings. The van der Waals surface area contributed by atoms with Crippen LogP contribution in [0, 0.1) is 7.43 Å². The quantitative estimate of drug-likeness (QED) is 0.367. The average molecular weight is 70.0 g/mol. The highest BCUT2D eigenvalue weighted by atomic mass is 16.2. The molecule has 0 aliphatic rings. The number of hydrogen-bond donors (Lipinski definition) is 0. The standard InChI is InChI=1S/CO2.C.N/c2-1-3;;. The molecule has 0 saturated carbocycles. The average Bonchev–Trinajstić information content (AvgIpc) is 0.918. The Balaban J connectivity index is -0.0000000200. The maximum Gasteiger partial charge on any atom is 0.373 e. The van der Waals surface area contributed by atoms with Crippen LogP contribution in [0.15, 0.2) is 0 Å². The van der Waals surface area contributed by atoms with Crippen molar-refractivity contribution in [2.75, 3.05) is 0 Å². The van der Waals surface area contributed by atoms with Crippen LogP contribution in [0.1, 0.15) is 0 Å². The second kappa shape index (κ2) is 158. The summed E-state index contributed by atoms with van der Waals surface area (Å²) in [7, 11) is 0. The van der Waals surface area contributed by atoms with E-state index in [0.717, 1.165) is 0 Å². The molecule has 0 unspecified atom stereocenters. The molecule has 0 aromatic rings. The second-order valence-electron chi connectivity index (χ2n) is 0.0833. The number of hydrogen-bond acceptors (Lipinski definition) is 2. The van der Waals surface area contributed by atoms with Gasteiger partial charge < -0.3 is 0 Å². The lowest BCUT2D eigenvalue weighted by Crippen LogP contribution is -1.22. The molecule has 0 aromatic heterocycles. The van der Waals surface area contributed by atoms with Crippen molar-refractivity contribution >= 4 is 6.15 Å². The third-order valence-electron chi connectivity index (χ3n) is 0. The summed E-state index contributed by atoms with van der Waals surface area (Å²) in [6, 6.07) is 0. The van der Waals surface area contributed by atoms with Gasteiger partial charge >= 0.3 is 6.15 Å². The summed E-state index contributed by atoms with van der Waals surface area (Å²) in [5.74, 6) is 0. The van der Waals surface area contributed by atoms with Gasteiger partial charge in [-0.15, -0.1) is 0 Å². The maximum atomic E-state index is 8.12. The third kappa shape index (κ3) is 13.8. The van der Waals surface area contributed by atoms with E-state index in [4.69, 9.17) is 9.59 Å². The van der Waals surface area contributed by atoms with Crippen molar-refractivity contribution < 1.29 is 9.59 Å². The van der Waals surface area contributed by atoms with Gasteiger partial charge in [-0.2, -0.15) is 9.59 Å². The molecule has 0 heterocycles. The van der Waals surface area contributed by atoms with E-state index in [1.54, 1.807) is 0 Å². The van der Waals surface area contributed by atoms with Crippen LogP contribution in [0.4, 0.5) is 0 Å². The Morgan fingerprint density at radius 3 is 1.20 bits per heavy atom. The van der Waals surface area contributed by atoms with Gasteiger partial charge in [0.05, 0.1) is 0 Å². The Morgan fingerprint density at radius 2 is 1.20 bits per heavy atom. The molecular formula is C2NO2. The van der Waals surface area contributed by atoms with Crippen molar-refractivity contribution in [1.82, 2.24) is 6.15 Å². The molecule has 0 aromatic carbocycles. The first kappa shape index (κ1) is 27.0. The Hall–Kier alpha value is -0.660. The summed E-state index contributed by atoms with van der Waals surface area (Å²) >= 11 is 0. The van der Waals surface area contributed by atoms with Gasteiger partial charge in [0.1, 0.15) is 0 Å². The molecule has 3 nitrogen and oxygen atoms in total. The molecule has 3 heteroatoms. The van der Waals surface area contributed by atoms with Crippen LogP contribution in [-0.2, 0) is 9.59 Å². The van der Waals surface area contributed by atoms with E-state index in [-0.39, 0.29) is 19.7 Å². The van der Waals surface area contributed by atoms with Gasteiger partial charge in [0.25, 0.3) is 0 Å². The fourth-order valence-corrected chi connectivity index (χ4v) is 0. The monoisotopic (exact) mass is 70.0 g/mol. The van der Waals surface area contributed by atoms with E-state index in [0.29, 0.717) is 0 Å². The highest BCUT2D eigenvalue weighted by Gasteiger charge is 1.13. The van der Waals surface area contributed by atoms with E-state index in [1.165, 1.54) is 0 Å². The first-order chi connectivity index (χ1) is 1.41. The summed E-state index contributed by atoms with van der Waals surface area (Å²) < 4.78 is 0. The molecule has 25 valence electrons. The van der Waals surface area contributed by atoms with E-state index < -0.39 is 0 Å². The first-order valence-corrected chi connectivity index (χ1v) is 0.408. The molecule has 0 atom stereocenters. The zero-order valence-electron chi connectivity index (χ0n) is 2.26. The van der Waals surface area contributed by atoms with Crippen molar-refractivity contribution in [3.05, 3.63) is 7.43 Å². The Morgan fingerprint density at radius 1 is 1.20 bits per heavy atom. The summed E-state index contributed by atoms with van der Waals surface area (Å²) in [4.78, 5) is 16.2. The van der Waals surface area contributed by atoms with Crippen molar-refractivity contribution in [2.45, 2.75) is 0 Å². The smallest absolute Gasteiger partial charge is 0.186 e. The van der Waals surface area contributed by atoms with E-state index in [1.807, 2.05) is 0 Å². The molecule has 0 amide bonds. The molecule has 5 heavy (non-hydrogen) atoms. The zero-order chi connectivity index (χ0) is 2.71. The lowest BCUT2D eigenvalue weighted by atomic mass is 11.8. The fraction of sp³-hybridized carbons (Fsp3) is 0.